The Bertz CT molecular complexity index is 692. The molecule has 0 amide bonds. The fourth-order valence-electron chi connectivity index (χ4n) is 1.77. The van der Waals surface area contributed by atoms with Crippen LogP contribution in [-0.4, -0.2) is 18.2 Å². The second-order valence-corrected chi connectivity index (χ2v) is 5.80. The Morgan fingerprint density at radius 3 is 2.63 bits per heavy atom. The highest BCUT2D eigenvalue weighted by molar-refractivity contribution is 7.89. The minimum Gasteiger partial charge on any atom is -0.380 e. The van der Waals surface area contributed by atoms with Crippen molar-refractivity contribution in [2.75, 3.05) is 5.32 Å². The highest BCUT2D eigenvalue weighted by Crippen LogP contribution is 2.20. The SMILES string of the molecule is Cc1c(CNc2ccccc2S(N)(=O)=O)cnn1C. The number of aromatic nitrogens is 2. The second kappa shape index (κ2) is 5.02. The van der Waals surface area contributed by atoms with E-state index in [-0.39, 0.29) is 4.90 Å². The summed E-state index contributed by atoms with van der Waals surface area (Å²) in [5.41, 5.74) is 2.53. The fraction of sp³-hybridized carbons (Fsp3) is 0.250. The van der Waals surface area contributed by atoms with Gasteiger partial charge in [-0.05, 0) is 19.1 Å². The lowest BCUT2D eigenvalue weighted by atomic mass is 10.2. The number of para-hydroxylation sites is 1. The van der Waals surface area contributed by atoms with Crippen LogP contribution in [0.4, 0.5) is 5.69 Å². The van der Waals surface area contributed by atoms with E-state index in [2.05, 4.69) is 10.4 Å². The highest BCUT2D eigenvalue weighted by atomic mass is 32.2. The van der Waals surface area contributed by atoms with E-state index < -0.39 is 10.0 Å². The molecule has 2 rings (SSSR count). The molecule has 0 spiro atoms. The number of sulfonamides is 1. The quantitative estimate of drug-likeness (QED) is 0.873. The van der Waals surface area contributed by atoms with Gasteiger partial charge in [-0.3, -0.25) is 4.68 Å². The first-order valence-corrected chi connectivity index (χ1v) is 7.27. The monoisotopic (exact) mass is 280 g/mol. The Labute approximate surface area is 112 Å². The van der Waals surface area contributed by atoms with Crippen molar-refractivity contribution in [1.29, 1.82) is 0 Å². The molecule has 0 radical (unpaired) electrons. The highest BCUT2D eigenvalue weighted by Gasteiger charge is 2.13. The summed E-state index contributed by atoms with van der Waals surface area (Å²) >= 11 is 0. The molecule has 1 aromatic carbocycles. The van der Waals surface area contributed by atoms with Crippen molar-refractivity contribution in [2.24, 2.45) is 12.2 Å². The van der Waals surface area contributed by atoms with Crippen LogP contribution in [0.2, 0.25) is 0 Å². The predicted octanol–water partition coefficient (Wildman–Crippen LogP) is 0.988. The number of benzene rings is 1. The molecule has 0 fully saturated rings. The van der Waals surface area contributed by atoms with Gasteiger partial charge in [-0.1, -0.05) is 12.1 Å². The van der Waals surface area contributed by atoms with Crippen molar-refractivity contribution in [3.8, 4) is 0 Å². The molecule has 0 saturated heterocycles. The first-order chi connectivity index (χ1) is 8.89. The van der Waals surface area contributed by atoms with Gasteiger partial charge in [0.15, 0.2) is 0 Å². The van der Waals surface area contributed by atoms with Gasteiger partial charge in [0.1, 0.15) is 4.90 Å². The van der Waals surface area contributed by atoms with Gasteiger partial charge in [-0.2, -0.15) is 5.10 Å². The van der Waals surface area contributed by atoms with E-state index in [1.54, 1.807) is 29.1 Å². The van der Waals surface area contributed by atoms with Crippen molar-refractivity contribution in [3.63, 3.8) is 0 Å². The van der Waals surface area contributed by atoms with E-state index in [1.165, 1.54) is 6.07 Å². The van der Waals surface area contributed by atoms with Crippen LogP contribution in [0.3, 0.4) is 0 Å². The summed E-state index contributed by atoms with van der Waals surface area (Å²) in [5.74, 6) is 0. The molecule has 0 aliphatic carbocycles. The number of nitrogens with two attached hydrogens (primary N) is 1. The van der Waals surface area contributed by atoms with Gasteiger partial charge >= 0.3 is 0 Å². The number of primary sulfonamides is 1. The minimum atomic E-state index is -3.73. The van der Waals surface area contributed by atoms with E-state index in [0.717, 1.165) is 11.3 Å². The first-order valence-electron chi connectivity index (χ1n) is 5.73. The van der Waals surface area contributed by atoms with E-state index in [0.29, 0.717) is 12.2 Å². The molecule has 0 aliphatic heterocycles. The van der Waals surface area contributed by atoms with Gasteiger partial charge in [-0.15, -0.1) is 0 Å². The lowest BCUT2D eigenvalue weighted by molar-refractivity contribution is 0.598. The van der Waals surface area contributed by atoms with Crippen LogP contribution in [-0.2, 0) is 23.6 Å². The number of hydrogen-bond donors (Lipinski definition) is 2. The molecule has 19 heavy (non-hydrogen) atoms. The van der Waals surface area contributed by atoms with Crippen molar-refractivity contribution in [1.82, 2.24) is 9.78 Å². The zero-order valence-electron chi connectivity index (χ0n) is 10.8. The Morgan fingerprint density at radius 1 is 1.37 bits per heavy atom. The lowest BCUT2D eigenvalue weighted by Gasteiger charge is -2.10. The molecule has 0 saturated carbocycles. The summed E-state index contributed by atoms with van der Waals surface area (Å²) in [4.78, 5) is 0.0940. The molecule has 6 nitrogen and oxygen atoms in total. The van der Waals surface area contributed by atoms with Gasteiger partial charge < -0.3 is 5.32 Å². The molecule has 2 aromatic rings. The summed E-state index contributed by atoms with van der Waals surface area (Å²) in [7, 11) is -1.87. The van der Waals surface area contributed by atoms with Crippen molar-refractivity contribution >= 4 is 15.7 Å². The summed E-state index contributed by atoms with van der Waals surface area (Å²) in [6, 6.07) is 6.56. The van der Waals surface area contributed by atoms with Crippen LogP contribution in [0.1, 0.15) is 11.3 Å². The van der Waals surface area contributed by atoms with Crippen LogP contribution < -0.4 is 10.5 Å². The van der Waals surface area contributed by atoms with Crippen LogP contribution in [0.25, 0.3) is 0 Å². The van der Waals surface area contributed by atoms with E-state index in [4.69, 9.17) is 5.14 Å². The Morgan fingerprint density at radius 2 is 2.05 bits per heavy atom. The Kier molecular flexibility index (Phi) is 3.59. The van der Waals surface area contributed by atoms with Crippen molar-refractivity contribution < 1.29 is 8.42 Å². The molecular formula is C12H16N4O2S. The number of anilines is 1. The smallest absolute Gasteiger partial charge is 0.240 e. The largest absolute Gasteiger partial charge is 0.380 e. The van der Waals surface area contributed by atoms with Crippen LogP contribution in [0, 0.1) is 6.92 Å². The predicted molar refractivity (Wildman–Crippen MR) is 73.1 cm³/mol. The third kappa shape index (κ3) is 2.94. The molecule has 102 valence electrons. The first kappa shape index (κ1) is 13.6. The summed E-state index contributed by atoms with van der Waals surface area (Å²) in [6.45, 7) is 2.45. The average molecular weight is 280 g/mol. The molecule has 1 heterocycles. The van der Waals surface area contributed by atoms with Gasteiger partial charge in [0.25, 0.3) is 0 Å². The molecule has 0 aliphatic rings. The molecule has 0 atom stereocenters. The third-order valence-corrected chi connectivity index (χ3v) is 3.97. The van der Waals surface area contributed by atoms with Gasteiger partial charge in [0.2, 0.25) is 10.0 Å². The fourth-order valence-corrected chi connectivity index (χ4v) is 2.48. The van der Waals surface area contributed by atoms with Gasteiger partial charge in [0.05, 0.1) is 11.9 Å². The normalized spacial score (nSPS) is 11.5. The number of hydrogen-bond acceptors (Lipinski definition) is 4. The number of nitrogens with one attached hydrogen (secondary N) is 1. The maximum Gasteiger partial charge on any atom is 0.240 e. The molecule has 0 unspecified atom stereocenters. The van der Waals surface area contributed by atoms with E-state index >= 15 is 0 Å². The van der Waals surface area contributed by atoms with E-state index in [1.807, 2.05) is 14.0 Å². The van der Waals surface area contributed by atoms with Crippen molar-refractivity contribution in [2.45, 2.75) is 18.4 Å². The molecular weight excluding hydrogens is 264 g/mol. The second-order valence-electron chi connectivity index (χ2n) is 4.27. The lowest BCUT2D eigenvalue weighted by Crippen LogP contribution is -2.15. The van der Waals surface area contributed by atoms with Crippen LogP contribution >= 0.6 is 0 Å². The zero-order valence-corrected chi connectivity index (χ0v) is 11.6. The number of rotatable bonds is 4. The maximum absolute atomic E-state index is 11.5. The maximum atomic E-state index is 11.5. The third-order valence-electron chi connectivity index (χ3n) is 3.00. The zero-order chi connectivity index (χ0) is 14.0. The summed E-state index contributed by atoms with van der Waals surface area (Å²) in [5, 5.41) is 12.4. The molecule has 0 bridgehead atoms. The standard InChI is InChI=1S/C12H16N4O2S/c1-9-10(8-15-16(9)2)7-14-11-5-3-4-6-12(11)19(13,17)18/h3-6,8,14H,7H2,1-2H3,(H2,13,17,18). The number of aryl methyl sites for hydroxylation is 1. The summed E-state index contributed by atoms with van der Waals surface area (Å²) in [6.07, 6.45) is 1.75. The average Bonchev–Trinajstić information content (AvgIpc) is 2.67. The summed E-state index contributed by atoms with van der Waals surface area (Å²) < 4.78 is 24.7. The molecule has 1 aromatic heterocycles. The van der Waals surface area contributed by atoms with Crippen LogP contribution in [0.5, 0.6) is 0 Å². The Hall–Kier alpha value is -1.86. The molecule has 3 N–H and O–H groups in total. The molecule has 7 heteroatoms. The van der Waals surface area contributed by atoms with Gasteiger partial charge in [-0.25, -0.2) is 13.6 Å². The van der Waals surface area contributed by atoms with E-state index in [9.17, 15) is 8.42 Å². The number of nitrogens with zero attached hydrogens (tertiary/aromatic N) is 2. The van der Waals surface area contributed by atoms with Crippen molar-refractivity contribution in [3.05, 3.63) is 41.7 Å². The topological polar surface area (TPSA) is 90.0 Å². The minimum absolute atomic E-state index is 0.0940. The van der Waals surface area contributed by atoms with Crippen LogP contribution in [0.15, 0.2) is 35.4 Å². The van der Waals surface area contributed by atoms with Gasteiger partial charge in [0, 0.05) is 24.8 Å². The Balaban J connectivity index is 2.23.